The molecule has 1 atom stereocenters. The molecule has 0 saturated heterocycles. The van der Waals surface area contributed by atoms with E-state index in [0.29, 0.717) is 27.5 Å². The van der Waals surface area contributed by atoms with Crippen LogP contribution in [0.3, 0.4) is 0 Å². The standard InChI is InChI=1S/C18H16ClF4N3O/c19-13-6-11(9-27-10-18(21,22)23)5-12(7-13)16-8-17(24)25-26(16)15-3-1-14(20)2-4-15/h1-8,17,25H,9-10,24H2. The van der Waals surface area contributed by atoms with Gasteiger partial charge in [-0.25, -0.2) is 9.82 Å². The normalized spacial score (nSPS) is 17.3. The summed E-state index contributed by atoms with van der Waals surface area (Å²) in [6, 6.07) is 10.6. The van der Waals surface area contributed by atoms with E-state index in [9.17, 15) is 17.6 Å². The number of halogens is 5. The van der Waals surface area contributed by atoms with Gasteiger partial charge in [-0.1, -0.05) is 11.6 Å². The molecule has 0 amide bonds. The van der Waals surface area contributed by atoms with Crippen molar-refractivity contribution in [1.82, 2.24) is 5.43 Å². The molecule has 1 heterocycles. The molecule has 3 rings (SSSR count). The molecule has 9 heteroatoms. The number of hydrogen-bond donors (Lipinski definition) is 2. The Kier molecular flexibility index (Phi) is 5.71. The summed E-state index contributed by atoms with van der Waals surface area (Å²) < 4.78 is 54.7. The zero-order valence-corrected chi connectivity index (χ0v) is 14.7. The highest BCUT2D eigenvalue weighted by Crippen LogP contribution is 2.31. The fourth-order valence-corrected chi connectivity index (χ4v) is 2.95. The summed E-state index contributed by atoms with van der Waals surface area (Å²) in [7, 11) is 0. The lowest BCUT2D eigenvalue weighted by atomic mass is 10.1. The van der Waals surface area contributed by atoms with E-state index in [-0.39, 0.29) is 12.4 Å². The van der Waals surface area contributed by atoms with Gasteiger partial charge in [0.1, 0.15) is 12.4 Å². The maximum absolute atomic E-state index is 13.2. The molecule has 2 aromatic carbocycles. The van der Waals surface area contributed by atoms with Crippen molar-refractivity contribution >= 4 is 23.0 Å². The maximum Gasteiger partial charge on any atom is 0.411 e. The fraction of sp³-hybridized carbons (Fsp3) is 0.222. The van der Waals surface area contributed by atoms with Crippen LogP contribution in [0, 0.1) is 5.82 Å². The first kappa shape index (κ1) is 19.6. The third-order valence-electron chi connectivity index (χ3n) is 3.73. The number of alkyl halides is 3. The Balaban J connectivity index is 1.85. The Morgan fingerprint density at radius 3 is 2.52 bits per heavy atom. The molecule has 2 aromatic rings. The second kappa shape index (κ2) is 7.85. The molecule has 3 N–H and O–H groups in total. The zero-order chi connectivity index (χ0) is 19.6. The molecular formula is C18H16ClF4N3O. The van der Waals surface area contributed by atoms with Crippen molar-refractivity contribution in [1.29, 1.82) is 0 Å². The van der Waals surface area contributed by atoms with E-state index in [0.717, 1.165) is 0 Å². The summed E-state index contributed by atoms with van der Waals surface area (Å²) in [5.41, 5.74) is 11.4. The lowest BCUT2D eigenvalue weighted by Crippen LogP contribution is -2.41. The van der Waals surface area contributed by atoms with Crippen molar-refractivity contribution in [3.05, 3.63) is 70.5 Å². The van der Waals surface area contributed by atoms with Crippen molar-refractivity contribution in [2.45, 2.75) is 18.9 Å². The van der Waals surface area contributed by atoms with E-state index in [4.69, 9.17) is 22.1 Å². The minimum atomic E-state index is -4.40. The number of hydrogen-bond acceptors (Lipinski definition) is 4. The number of anilines is 1. The lowest BCUT2D eigenvalue weighted by Gasteiger charge is -2.24. The van der Waals surface area contributed by atoms with Crippen LogP contribution in [-0.2, 0) is 11.3 Å². The number of nitrogens with one attached hydrogen (secondary N) is 1. The van der Waals surface area contributed by atoms with Crippen molar-refractivity contribution in [2.75, 3.05) is 11.6 Å². The third-order valence-corrected chi connectivity index (χ3v) is 3.95. The molecule has 0 spiro atoms. The molecule has 0 aliphatic carbocycles. The van der Waals surface area contributed by atoms with Gasteiger partial charge >= 0.3 is 6.18 Å². The third kappa shape index (κ3) is 5.20. The van der Waals surface area contributed by atoms with Gasteiger partial charge in [-0.3, -0.25) is 5.01 Å². The van der Waals surface area contributed by atoms with Crippen LogP contribution in [0.1, 0.15) is 11.1 Å². The van der Waals surface area contributed by atoms with Gasteiger partial charge in [0.15, 0.2) is 0 Å². The topological polar surface area (TPSA) is 50.5 Å². The van der Waals surface area contributed by atoms with E-state index < -0.39 is 18.9 Å². The molecule has 1 unspecified atom stereocenters. The lowest BCUT2D eigenvalue weighted by molar-refractivity contribution is -0.176. The number of hydrazine groups is 1. The van der Waals surface area contributed by atoms with Crippen LogP contribution in [0.25, 0.3) is 5.70 Å². The van der Waals surface area contributed by atoms with E-state index >= 15 is 0 Å². The molecule has 0 aromatic heterocycles. The minimum Gasteiger partial charge on any atom is -0.367 e. The SMILES string of the molecule is NC1C=C(c2cc(Cl)cc(COCC(F)(F)F)c2)N(c2ccc(F)cc2)N1. The number of ether oxygens (including phenoxy) is 1. The molecule has 0 radical (unpaired) electrons. The molecular weight excluding hydrogens is 386 g/mol. The summed E-state index contributed by atoms with van der Waals surface area (Å²) in [6.45, 7) is -1.58. The Morgan fingerprint density at radius 2 is 1.85 bits per heavy atom. The summed E-state index contributed by atoms with van der Waals surface area (Å²) in [4.78, 5) is 0. The maximum atomic E-state index is 13.2. The van der Waals surface area contributed by atoms with E-state index in [1.165, 1.54) is 18.2 Å². The van der Waals surface area contributed by atoms with Gasteiger partial charge < -0.3 is 10.5 Å². The smallest absolute Gasteiger partial charge is 0.367 e. The minimum absolute atomic E-state index is 0.240. The molecule has 0 bridgehead atoms. The average molecular weight is 402 g/mol. The summed E-state index contributed by atoms with van der Waals surface area (Å²) in [5.74, 6) is -0.375. The molecule has 27 heavy (non-hydrogen) atoms. The predicted octanol–water partition coefficient (Wildman–Crippen LogP) is 4.21. The quantitative estimate of drug-likeness (QED) is 0.737. The Bertz CT molecular complexity index is 839. The van der Waals surface area contributed by atoms with Crippen molar-refractivity contribution in [3.63, 3.8) is 0 Å². The van der Waals surface area contributed by atoms with Crippen molar-refractivity contribution in [3.8, 4) is 0 Å². The number of rotatable bonds is 5. The number of benzene rings is 2. The van der Waals surface area contributed by atoms with Crippen LogP contribution in [0.15, 0.2) is 48.5 Å². The molecule has 4 nitrogen and oxygen atoms in total. The predicted molar refractivity (Wildman–Crippen MR) is 95.1 cm³/mol. The van der Waals surface area contributed by atoms with Crippen molar-refractivity contribution < 1.29 is 22.3 Å². The molecule has 1 aliphatic heterocycles. The molecule has 0 fully saturated rings. The second-order valence-electron chi connectivity index (χ2n) is 5.97. The highest BCUT2D eigenvalue weighted by molar-refractivity contribution is 6.30. The fourth-order valence-electron chi connectivity index (χ4n) is 2.70. The first-order valence-electron chi connectivity index (χ1n) is 7.95. The van der Waals surface area contributed by atoms with Crippen LogP contribution in [0.4, 0.5) is 23.2 Å². The van der Waals surface area contributed by atoms with Crippen LogP contribution in [0.2, 0.25) is 5.02 Å². The second-order valence-corrected chi connectivity index (χ2v) is 6.41. The van der Waals surface area contributed by atoms with Crippen molar-refractivity contribution in [2.24, 2.45) is 5.73 Å². The Hall–Kier alpha value is -2.13. The molecule has 144 valence electrons. The van der Waals surface area contributed by atoms with Gasteiger partial charge in [0.2, 0.25) is 0 Å². The summed E-state index contributed by atoms with van der Waals surface area (Å²) >= 11 is 6.12. The molecule has 0 saturated carbocycles. The van der Waals surface area contributed by atoms with E-state index in [1.807, 2.05) is 0 Å². The molecule has 1 aliphatic rings. The van der Waals surface area contributed by atoms with Gasteiger partial charge in [-0.05, 0) is 54.1 Å². The summed E-state index contributed by atoms with van der Waals surface area (Å²) in [6.07, 6.45) is -3.16. The zero-order valence-electron chi connectivity index (χ0n) is 13.9. The highest BCUT2D eigenvalue weighted by atomic mass is 35.5. The van der Waals surface area contributed by atoms with Crippen LogP contribution < -0.4 is 16.2 Å². The van der Waals surface area contributed by atoms with Gasteiger partial charge in [-0.15, -0.1) is 0 Å². The first-order chi connectivity index (χ1) is 12.7. The van der Waals surface area contributed by atoms with Crippen LogP contribution >= 0.6 is 11.6 Å². The largest absolute Gasteiger partial charge is 0.411 e. The monoisotopic (exact) mass is 401 g/mol. The Labute approximate surface area is 158 Å². The first-order valence-corrected chi connectivity index (χ1v) is 8.33. The van der Waals surface area contributed by atoms with Crippen LogP contribution in [-0.4, -0.2) is 18.9 Å². The van der Waals surface area contributed by atoms with Crippen LogP contribution in [0.5, 0.6) is 0 Å². The van der Waals surface area contributed by atoms with E-state index in [2.05, 4.69) is 5.43 Å². The highest BCUT2D eigenvalue weighted by Gasteiger charge is 2.27. The average Bonchev–Trinajstić information content (AvgIpc) is 2.96. The number of nitrogens with zero attached hydrogens (tertiary/aromatic N) is 1. The van der Waals surface area contributed by atoms with Gasteiger partial charge in [-0.2, -0.15) is 13.2 Å². The van der Waals surface area contributed by atoms with E-state index in [1.54, 1.807) is 35.4 Å². The number of nitrogens with two attached hydrogens (primary N) is 1. The Morgan fingerprint density at radius 1 is 1.15 bits per heavy atom. The van der Waals surface area contributed by atoms with Gasteiger partial charge in [0, 0.05) is 10.6 Å². The van der Waals surface area contributed by atoms with Gasteiger partial charge in [0.25, 0.3) is 0 Å². The summed E-state index contributed by atoms with van der Waals surface area (Å²) in [5, 5.41) is 2.01. The van der Waals surface area contributed by atoms with Gasteiger partial charge in [0.05, 0.1) is 24.2 Å².